The van der Waals surface area contributed by atoms with Crippen molar-refractivity contribution in [3.63, 3.8) is 0 Å². The number of nitrogens with one attached hydrogen (secondary N) is 2. The molecule has 0 aromatic heterocycles. The molecular formula is C20H17N5. The van der Waals surface area contributed by atoms with Gasteiger partial charge in [0.2, 0.25) is 0 Å². The van der Waals surface area contributed by atoms with Crippen LogP contribution in [0.2, 0.25) is 0 Å². The van der Waals surface area contributed by atoms with Crippen molar-refractivity contribution in [3.8, 4) is 0 Å². The Kier molecular flexibility index (Phi) is 3.06. The van der Waals surface area contributed by atoms with Crippen LogP contribution in [0.25, 0.3) is 21.5 Å². The van der Waals surface area contributed by atoms with Crippen LogP contribution in [0, 0.1) is 0 Å². The first-order valence-electron chi connectivity index (χ1n) is 8.36. The average molecular weight is 327 g/mol. The standard InChI is InChI=1S/C20H17N5/c1-12-23-19-18(21-11-22-19)20(24-12)25-17-7-6-15-8-13-4-2-3-5-14(13)9-16(15)10-17/h2-11,18-19H,1H3,(H,21,22)(H,23,24,25). The van der Waals surface area contributed by atoms with Crippen molar-refractivity contribution in [2.24, 2.45) is 15.0 Å². The number of hydrogen-bond acceptors (Lipinski definition) is 5. The molecule has 25 heavy (non-hydrogen) atoms. The van der Waals surface area contributed by atoms with Gasteiger partial charge in [-0.2, -0.15) is 0 Å². The van der Waals surface area contributed by atoms with Crippen molar-refractivity contribution in [2.45, 2.75) is 19.1 Å². The van der Waals surface area contributed by atoms with Crippen LogP contribution >= 0.6 is 0 Å². The Bertz CT molecular complexity index is 1080. The zero-order valence-electron chi connectivity index (χ0n) is 13.8. The number of benzene rings is 3. The van der Waals surface area contributed by atoms with E-state index in [0.29, 0.717) is 0 Å². The number of fused-ring (bicyclic) bond motifs is 3. The van der Waals surface area contributed by atoms with E-state index in [1.807, 2.05) is 6.92 Å². The molecule has 2 N–H and O–H groups in total. The topological polar surface area (TPSA) is 61.1 Å². The second-order valence-corrected chi connectivity index (χ2v) is 6.40. The second-order valence-electron chi connectivity index (χ2n) is 6.40. The third kappa shape index (κ3) is 2.45. The van der Waals surface area contributed by atoms with Crippen LogP contribution in [0.4, 0.5) is 5.69 Å². The molecule has 2 heterocycles. The van der Waals surface area contributed by atoms with Gasteiger partial charge in [-0.05, 0) is 52.7 Å². The third-order valence-corrected chi connectivity index (χ3v) is 4.65. The SMILES string of the molecule is CC1=NC2N=CNC2C(Nc2ccc3cc4ccccc4cc3c2)=N1. The summed E-state index contributed by atoms with van der Waals surface area (Å²) in [5, 5.41) is 11.6. The van der Waals surface area contributed by atoms with Gasteiger partial charge in [-0.1, -0.05) is 30.3 Å². The quantitative estimate of drug-likeness (QED) is 0.671. The van der Waals surface area contributed by atoms with Crippen LogP contribution in [0.1, 0.15) is 6.92 Å². The normalized spacial score (nSPS) is 21.6. The highest BCUT2D eigenvalue weighted by molar-refractivity contribution is 6.10. The van der Waals surface area contributed by atoms with Crippen molar-refractivity contribution in [1.82, 2.24) is 5.32 Å². The molecule has 0 saturated carbocycles. The van der Waals surface area contributed by atoms with Crippen LogP contribution in [0.15, 0.2) is 69.6 Å². The largest absolute Gasteiger partial charge is 0.363 e. The number of rotatable bonds is 1. The molecule has 0 radical (unpaired) electrons. The van der Waals surface area contributed by atoms with Crippen molar-refractivity contribution in [3.05, 3.63) is 54.6 Å². The lowest BCUT2D eigenvalue weighted by molar-refractivity contribution is 0.647. The average Bonchev–Trinajstić information content (AvgIpc) is 3.08. The first kappa shape index (κ1) is 14.2. The van der Waals surface area contributed by atoms with Gasteiger partial charge in [-0.3, -0.25) is 0 Å². The molecule has 5 rings (SSSR count). The Hall–Kier alpha value is -3.21. The van der Waals surface area contributed by atoms with E-state index >= 15 is 0 Å². The number of hydrogen-bond donors (Lipinski definition) is 2. The molecule has 2 aliphatic rings. The highest BCUT2D eigenvalue weighted by atomic mass is 15.3. The Labute approximate surface area is 145 Å². The summed E-state index contributed by atoms with van der Waals surface area (Å²) in [6, 6.07) is 19.3. The summed E-state index contributed by atoms with van der Waals surface area (Å²) in [6.45, 7) is 1.90. The van der Waals surface area contributed by atoms with E-state index in [0.717, 1.165) is 17.4 Å². The summed E-state index contributed by atoms with van der Waals surface area (Å²) in [4.78, 5) is 13.4. The minimum absolute atomic E-state index is 0.0176. The van der Waals surface area contributed by atoms with E-state index in [4.69, 9.17) is 0 Å². The van der Waals surface area contributed by atoms with Gasteiger partial charge in [0.25, 0.3) is 0 Å². The molecule has 0 spiro atoms. The van der Waals surface area contributed by atoms with Crippen molar-refractivity contribution >= 4 is 45.2 Å². The maximum Gasteiger partial charge on any atom is 0.170 e. The molecule has 0 amide bonds. The monoisotopic (exact) mass is 327 g/mol. The minimum atomic E-state index is -0.121. The molecule has 2 aliphatic heterocycles. The lowest BCUT2D eigenvalue weighted by Crippen LogP contribution is -2.45. The summed E-state index contributed by atoms with van der Waals surface area (Å²) < 4.78 is 0. The first-order valence-corrected chi connectivity index (χ1v) is 8.36. The predicted molar refractivity (Wildman–Crippen MR) is 105 cm³/mol. The van der Waals surface area contributed by atoms with Gasteiger partial charge >= 0.3 is 0 Å². The van der Waals surface area contributed by atoms with E-state index in [-0.39, 0.29) is 12.2 Å². The van der Waals surface area contributed by atoms with Crippen molar-refractivity contribution in [1.29, 1.82) is 0 Å². The van der Waals surface area contributed by atoms with Crippen LogP contribution < -0.4 is 10.6 Å². The molecule has 2 unspecified atom stereocenters. The summed E-state index contributed by atoms with van der Waals surface area (Å²) in [5.74, 6) is 1.60. The molecule has 0 fully saturated rings. The molecule has 0 saturated heterocycles. The van der Waals surface area contributed by atoms with Crippen LogP contribution in [-0.2, 0) is 0 Å². The molecule has 3 aromatic rings. The molecule has 3 aromatic carbocycles. The van der Waals surface area contributed by atoms with Crippen LogP contribution in [0.5, 0.6) is 0 Å². The zero-order chi connectivity index (χ0) is 16.8. The van der Waals surface area contributed by atoms with Gasteiger partial charge in [0.05, 0.1) is 6.34 Å². The maximum atomic E-state index is 4.56. The Morgan fingerprint density at radius 2 is 1.68 bits per heavy atom. The summed E-state index contributed by atoms with van der Waals surface area (Å²) in [5.41, 5.74) is 1.02. The number of amidine groups is 2. The first-order chi connectivity index (χ1) is 12.3. The van der Waals surface area contributed by atoms with Gasteiger partial charge in [0.1, 0.15) is 17.7 Å². The fraction of sp³-hybridized carbons (Fsp3) is 0.150. The smallest absolute Gasteiger partial charge is 0.170 e. The van der Waals surface area contributed by atoms with Crippen molar-refractivity contribution in [2.75, 3.05) is 5.32 Å². The summed E-state index contributed by atoms with van der Waals surface area (Å²) >= 11 is 0. The fourth-order valence-corrected chi connectivity index (χ4v) is 3.44. The van der Waals surface area contributed by atoms with Crippen LogP contribution in [-0.4, -0.2) is 30.2 Å². The summed E-state index contributed by atoms with van der Waals surface area (Å²) in [7, 11) is 0. The van der Waals surface area contributed by atoms with E-state index in [1.54, 1.807) is 6.34 Å². The molecular weight excluding hydrogens is 310 g/mol. The Balaban J connectivity index is 1.52. The van der Waals surface area contributed by atoms with Gasteiger partial charge < -0.3 is 10.6 Å². The highest BCUT2D eigenvalue weighted by Crippen LogP contribution is 2.26. The highest BCUT2D eigenvalue weighted by Gasteiger charge is 2.31. The molecule has 0 aliphatic carbocycles. The predicted octanol–water partition coefficient (Wildman–Crippen LogP) is 3.56. The lowest BCUT2D eigenvalue weighted by Gasteiger charge is -2.23. The maximum absolute atomic E-state index is 4.56. The third-order valence-electron chi connectivity index (χ3n) is 4.65. The molecule has 0 bridgehead atoms. The van der Waals surface area contributed by atoms with Crippen molar-refractivity contribution < 1.29 is 0 Å². The van der Waals surface area contributed by atoms with Crippen LogP contribution in [0.3, 0.4) is 0 Å². The van der Waals surface area contributed by atoms with Gasteiger partial charge in [-0.15, -0.1) is 0 Å². The Morgan fingerprint density at radius 3 is 2.52 bits per heavy atom. The van der Waals surface area contributed by atoms with E-state index in [1.165, 1.54) is 21.5 Å². The number of anilines is 1. The van der Waals surface area contributed by atoms with E-state index in [2.05, 4.69) is 80.2 Å². The molecule has 5 nitrogen and oxygen atoms in total. The van der Waals surface area contributed by atoms with Gasteiger partial charge in [-0.25, -0.2) is 15.0 Å². The molecule has 2 atom stereocenters. The fourth-order valence-electron chi connectivity index (χ4n) is 3.44. The zero-order valence-corrected chi connectivity index (χ0v) is 13.8. The molecule has 5 heteroatoms. The molecule has 122 valence electrons. The summed E-state index contributed by atoms with van der Waals surface area (Å²) in [6.07, 6.45) is 1.59. The number of aliphatic imine (C=N–C) groups is 3. The Morgan fingerprint density at radius 1 is 0.920 bits per heavy atom. The second kappa shape index (κ2) is 5.41. The number of nitrogens with zero attached hydrogens (tertiary/aromatic N) is 3. The van der Waals surface area contributed by atoms with E-state index in [9.17, 15) is 0 Å². The van der Waals surface area contributed by atoms with Gasteiger partial charge in [0, 0.05) is 5.69 Å². The van der Waals surface area contributed by atoms with Gasteiger partial charge in [0.15, 0.2) is 6.17 Å². The minimum Gasteiger partial charge on any atom is -0.363 e. The van der Waals surface area contributed by atoms with E-state index < -0.39 is 0 Å². The lowest BCUT2D eigenvalue weighted by atomic mass is 10.0.